The van der Waals surface area contributed by atoms with E-state index in [-0.39, 0.29) is 0 Å². The second kappa shape index (κ2) is 8.28. The molecule has 0 saturated carbocycles. The highest BCUT2D eigenvalue weighted by molar-refractivity contribution is 5.99. The Morgan fingerprint density at radius 2 is 1.67 bits per heavy atom. The van der Waals surface area contributed by atoms with Crippen molar-refractivity contribution >= 4 is 11.8 Å². The second-order valence-electron chi connectivity index (χ2n) is 6.85. The van der Waals surface area contributed by atoms with E-state index in [2.05, 4.69) is 16.0 Å². The maximum atomic E-state index is 12.8. The number of para-hydroxylation sites is 1. The standard InChI is InChI=1S/C22H22N4O4/c1-29-18-12-11-14(13-19(18)30-2)21(27)23-24-22(28)20-16-9-6-10-17(16)26(25-20)15-7-4-3-5-8-15/h3-5,7-8,11-13H,6,9-10H2,1-2H3,(H,23,27)(H,24,28). The van der Waals surface area contributed by atoms with Gasteiger partial charge in [0.05, 0.1) is 19.9 Å². The summed E-state index contributed by atoms with van der Waals surface area (Å²) in [6.45, 7) is 0. The number of methoxy groups -OCH3 is 2. The molecule has 0 unspecified atom stereocenters. The summed E-state index contributed by atoms with van der Waals surface area (Å²) < 4.78 is 12.2. The highest BCUT2D eigenvalue weighted by Gasteiger charge is 2.27. The van der Waals surface area contributed by atoms with Gasteiger partial charge in [-0.25, -0.2) is 4.68 Å². The molecule has 0 fully saturated rings. The molecule has 0 radical (unpaired) electrons. The Balaban J connectivity index is 1.51. The number of hydrogen-bond donors (Lipinski definition) is 2. The lowest BCUT2D eigenvalue weighted by Gasteiger charge is -2.10. The number of nitrogens with zero attached hydrogens (tertiary/aromatic N) is 2. The third-order valence-electron chi connectivity index (χ3n) is 5.08. The van der Waals surface area contributed by atoms with Crippen LogP contribution in [0.25, 0.3) is 5.69 Å². The first-order valence-corrected chi connectivity index (χ1v) is 9.61. The van der Waals surface area contributed by atoms with Crippen LogP contribution in [0.2, 0.25) is 0 Å². The Labute approximate surface area is 173 Å². The largest absolute Gasteiger partial charge is 0.493 e. The van der Waals surface area contributed by atoms with Crippen LogP contribution in [-0.4, -0.2) is 35.8 Å². The second-order valence-corrected chi connectivity index (χ2v) is 6.85. The zero-order chi connectivity index (χ0) is 21.1. The summed E-state index contributed by atoms with van der Waals surface area (Å²) in [5, 5.41) is 4.52. The number of fused-ring (bicyclic) bond motifs is 1. The van der Waals surface area contributed by atoms with Crippen molar-refractivity contribution in [1.82, 2.24) is 20.6 Å². The molecule has 0 atom stereocenters. The molecule has 2 amide bonds. The minimum Gasteiger partial charge on any atom is -0.493 e. The molecule has 0 aliphatic heterocycles. The van der Waals surface area contributed by atoms with Crippen molar-refractivity contribution in [3.8, 4) is 17.2 Å². The molecular weight excluding hydrogens is 384 g/mol. The summed E-state index contributed by atoms with van der Waals surface area (Å²) in [5.74, 6) is 0.0242. The molecule has 2 N–H and O–H groups in total. The van der Waals surface area contributed by atoms with Crippen LogP contribution in [0.5, 0.6) is 11.5 Å². The van der Waals surface area contributed by atoms with E-state index in [4.69, 9.17) is 9.47 Å². The lowest BCUT2D eigenvalue weighted by atomic mass is 10.2. The van der Waals surface area contributed by atoms with Crippen molar-refractivity contribution in [3.63, 3.8) is 0 Å². The number of aromatic nitrogens is 2. The quantitative estimate of drug-likeness (QED) is 0.635. The smallest absolute Gasteiger partial charge is 0.290 e. The van der Waals surface area contributed by atoms with E-state index in [0.717, 1.165) is 36.2 Å². The summed E-state index contributed by atoms with van der Waals surface area (Å²) in [6.07, 6.45) is 2.62. The Morgan fingerprint density at radius 3 is 2.40 bits per heavy atom. The fourth-order valence-electron chi connectivity index (χ4n) is 3.62. The zero-order valence-corrected chi connectivity index (χ0v) is 16.8. The number of hydrazine groups is 1. The van der Waals surface area contributed by atoms with Gasteiger partial charge in [-0.2, -0.15) is 5.10 Å². The van der Waals surface area contributed by atoms with Crippen molar-refractivity contribution in [2.75, 3.05) is 14.2 Å². The molecule has 3 aromatic rings. The van der Waals surface area contributed by atoms with Crippen LogP contribution in [0.3, 0.4) is 0 Å². The summed E-state index contributed by atoms with van der Waals surface area (Å²) in [4.78, 5) is 25.2. The molecule has 0 bridgehead atoms. The van der Waals surface area contributed by atoms with Gasteiger partial charge in [0.2, 0.25) is 0 Å². The number of amides is 2. The van der Waals surface area contributed by atoms with E-state index >= 15 is 0 Å². The molecular formula is C22H22N4O4. The summed E-state index contributed by atoms with van der Waals surface area (Å²) >= 11 is 0. The number of hydrogen-bond acceptors (Lipinski definition) is 5. The summed E-state index contributed by atoms with van der Waals surface area (Å²) in [5.41, 5.74) is 8.45. The zero-order valence-electron chi connectivity index (χ0n) is 16.8. The molecule has 1 heterocycles. The van der Waals surface area contributed by atoms with Crippen LogP contribution in [0.1, 0.15) is 38.5 Å². The molecule has 4 rings (SSSR count). The Morgan fingerprint density at radius 1 is 0.933 bits per heavy atom. The molecule has 2 aromatic carbocycles. The molecule has 0 saturated heterocycles. The van der Waals surface area contributed by atoms with Crippen molar-refractivity contribution in [2.24, 2.45) is 0 Å². The predicted octanol–water partition coefficient (Wildman–Crippen LogP) is 2.45. The first kappa shape index (κ1) is 19.5. The lowest BCUT2D eigenvalue weighted by molar-refractivity contribution is 0.0843. The van der Waals surface area contributed by atoms with Crippen LogP contribution in [0.15, 0.2) is 48.5 Å². The fraction of sp³-hybridized carbons (Fsp3) is 0.227. The monoisotopic (exact) mass is 406 g/mol. The molecule has 30 heavy (non-hydrogen) atoms. The minimum atomic E-state index is -0.469. The van der Waals surface area contributed by atoms with E-state index in [9.17, 15) is 9.59 Å². The maximum Gasteiger partial charge on any atom is 0.290 e. The predicted molar refractivity (Wildman–Crippen MR) is 110 cm³/mol. The fourth-order valence-corrected chi connectivity index (χ4v) is 3.62. The Kier molecular flexibility index (Phi) is 5.38. The van der Waals surface area contributed by atoms with E-state index in [1.54, 1.807) is 18.2 Å². The first-order chi connectivity index (χ1) is 14.6. The highest BCUT2D eigenvalue weighted by Crippen LogP contribution is 2.28. The van der Waals surface area contributed by atoms with Gasteiger partial charge in [0.15, 0.2) is 17.2 Å². The van der Waals surface area contributed by atoms with Gasteiger partial charge in [-0.3, -0.25) is 20.4 Å². The van der Waals surface area contributed by atoms with Gasteiger partial charge >= 0.3 is 0 Å². The van der Waals surface area contributed by atoms with Crippen LogP contribution in [0, 0.1) is 0 Å². The van der Waals surface area contributed by atoms with Crippen LogP contribution < -0.4 is 20.3 Å². The third kappa shape index (κ3) is 3.59. The normalized spacial score (nSPS) is 12.2. The number of rotatable bonds is 5. The van der Waals surface area contributed by atoms with Gasteiger partial charge in [0.25, 0.3) is 11.8 Å². The average Bonchev–Trinajstić information content (AvgIpc) is 3.40. The van der Waals surface area contributed by atoms with Crippen LogP contribution >= 0.6 is 0 Å². The highest BCUT2D eigenvalue weighted by atomic mass is 16.5. The molecule has 8 nitrogen and oxygen atoms in total. The van der Waals surface area contributed by atoms with Gasteiger partial charge < -0.3 is 9.47 Å². The van der Waals surface area contributed by atoms with Gasteiger partial charge in [-0.15, -0.1) is 0 Å². The molecule has 0 spiro atoms. The van der Waals surface area contributed by atoms with E-state index in [0.29, 0.717) is 22.8 Å². The number of carbonyl (C=O) groups excluding carboxylic acids is 2. The summed E-state index contributed by atoms with van der Waals surface area (Å²) in [6, 6.07) is 14.5. The number of nitrogens with one attached hydrogen (secondary N) is 2. The first-order valence-electron chi connectivity index (χ1n) is 9.61. The van der Waals surface area contributed by atoms with E-state index in [1.165, 1.54) is 14.2 Å². The van der Waals surface area contributed by atoms with Gasteiger partial charge in [-0.05, 0) is 49.6 Å². The summed E-state index contributed by atoms with van der Waals surface area (Å²) in [7, 11) is 3.01. The van der Waals surface area contributed by atoms with Crippen molar-refractivity contribution < 1.29 is 19.1 Å². The van der Waals surface area contributed by atoms with Crippen LogP contribution in [-0.2, 0) is 12.8 Å². The third-order valence-corrected chi connectivity index (χ3v) is 5.08. The number of benzene rings is 2. The van der Waals surface area contributed by atoms with Crippen molar-refractivity contribution in [3.05, 3.63) is 71.0 Å². The van der Waals surface area contributed by atoms with Gasteiger partial charge in [0.1, 0.15) is 0 Å². The average molecular weight is 406 g/mol. The molecule has 1 aromatic heterocycles. The van der Waals surface area contributed by atoms with E-state index in [1.807, 2.05) is 35.0 Å². The van der Waals surface area contributed by atoms with Crippen molar-refractivity contribution in [1.29, 1.82) is 0 Å². The number of carbonyl (C=O) groups is 2. The van der Waals surface area contributed by atoms with Crippen LogP contribution in [0.4, 0.5) is 0 Å². The molecule has 1 aliphatic rings. The molecule has 154 valence electrons. The van der Waals surface area contributed by atoms with Gasteiger partial charge in [-0.1, -0.05) is 18.2 Å². The van der Waals surface area contributed by atoms with Gasteiger partial charge in [0, 0.05) is 16.8 Å². The Hall–Kier alpha value is -3.81. The maximum absolute atomic E-state index is 12.8. The SMILES string of the molecule is COc1ccc(C(=O)NNC(=O)c2nn(-c3ccccc3)c3c2CCC3)cc1OC. The molecule has 1 aliphatic carbocycles. The number of ether oxygens (including phenoxy) is 2. The molecule has 8 heteroatoms. The minimum absolute atomic E-state index is 0.327. The topological polar surface area (TPSA) is 94.5 Å². The van der Waals surface area contributed by atoms with E-state index < -0.39 is 11.8 Å². The Bertz CT molecular complexity index is 1090. The van der Waals surface area contributed by atoms with Crippen molar-refractivity contribution in [2.45, 2.75) is 19.3 Å². The lowest BCUT2D eigenvalue weighted by Crippen LogP contribution is -2.42.